The molecule has 0 radical (unpaired) electrons. The molecule has 2 aromatic carbocycles. The third kappa shape index (κ3) is 2.88. The molecule has 4 heteroatoms. The first-order chi connectivity index (χ1) is 11.1. The summed E-state index contributed by atoms with van der Waals surface area (Å²) < 4.78 is 0. The molecular weight excluding hydrogens is 288 g/mol. The molecule has 0 saturated carbocycles. The molecule has 0 atom stereocenters. The van der Waals surface area contributed by atoms with E-state index in [4.69, 9.17) is 0 Å². The van der Waals surface area contributed by atoms with Crippen molar-refractivity contribution in [2.75, 3.05) is 19.0 Å². The number of rotatable bonds is 3. The summed E-state index contributed by atoms with van der Waals surface area (Å²) in [5.74, 6) is -0.324. The number of carbonyl (C=O) groups is 2. The molecule has 1 aliphatic rings. The first-order valence-electron chi connectivity index (χ1n) is 7.46. The number of amides is 2. The number of carbonyl (C=O) groups excluding carboxylic acids is 2. The molecule has 2 amide bonds. The molecule has 1 aliphatic heterocycles. The number of hydrogen-bond acceptors (Lipinski definition) is 2. The van der Waals surface area contributed by atoms with Crippen LogP contribution in [0.5, 0.6) is 0 Å². The molecule has 0 unspecified atom stereocenters. The summed E-state index contributed by atoms with van der Waals surface area (Å²) in [6, 6.07) is 17.4. The monoisotopic (exact) mass is 306 g/mol. The van der Waals surface area contributed by atoms with Crippen molar-refractivity contribution < 1.29 is 9.59 Å². The lowest BCUT2D eigenvalue weighted by atomic mass is 10.1. The normalized spacial score (nSPS) is 15.0. The second kappa shape index (κ2) is 6.08. The van der Waals surface area contributed by atoms with Gasteiger partial charge in [0, 0.05) is 25.7 Å². The molecule has 0 N–H and O–H groups in total. The zero-order chi connectivity index (χ0) is 16.4. The van der Waals surface area contributed by atoms with E-state index in [2.05, 4.69) is 0 Å². The standard InChI is InChI=1S/C19H18N2O2/c1-20(2)18(22)12-16-15-10-6-7-11-17(15)21(19(16)23)13-14-8-4-3-5-9-14/h3-12H,13H2,1-2H3. The lowest BCUT2D eigenvalue weighted by Gasteiger charge is -2.17. The Morgan fingerprint density at radius 2 is 1.70 bits per heavy atom. The second-order valence-electron chi connectivity index (χ2n) is 5.68. The van der Waals surface area contributed by atoms with Crippen LogP contribution in [0, 0.1) is 0 Å². The first kappa shape index (κ1) is 15.0. The Labute approximate surface area is 135 Å². The van der Waals surface area contributed by atoms with Crippen LogP contribution in [0.4, 0.5) is 5.69 Å². The van der Waals surface area contributed by atoms with Gasteiger partial charge in [-0.15, -0.1) is 0 Å². The molecule has 2 aromatic rings. The van der Waals surface area contributed by atoms with Gasteiger partial charge in [0.2, 0.25) is 5.91 Å². The van der Waals surface area contributed by atoms with Crippen LogP contribution in [0.3, 0.4) is 0 Å². The van der Waals surface area contributed by atoms with E-state index in [1.54, 1.807) is 19.0 Å². The summed E-state index contributed by atoms with van der Waals surface area (Å²) in [5.41, 5.74) is 3.16. The summed E-state index contributed by atoms with van der Waals surface area (Å²) in [4.78, 5) is 28.0. The maximum atomic E-state index is 12.8. The SMILES string of the molecule is CN(C)C(=O)C=C1C(=O)N(Cc2ccccc2)c2ccccc21. The van der Waals surface area contributed by atoms with Gasteiger partial charge >= 0.3 is 0 Å². The van der Waals surface area contributed by atoms with Gasteiger partial charge in [-0.2, -0.15) is 0 Å². The van der Waals surface area contributed by atoms with Crippen molar-refractivity contribution in [3.05, 3.63) is 71.8 Å². The number of likely N-dealkylation sites (N-methyl/N-ethyl adjacent to an activating group) is 1. The molecule has 0 saturated heterocycles. The predicted octanol–water partition coefficient (Wildman–Crippen LogP) is 2.71. The van der Waals surface area contributed by atoms with Gasteiger partial charge in [-0.05, 0) is 11.6 Å². The highest BCUT2D eigenvalue weighted by Crippen LogP contribution is 2.37. The fourth-order valence-corrected chi connectivity index (χ4v) is 2.62. The van der Waals surface area contributed by atoms with Gasteiger partial charge in [0.1, 0.15) is 0 Å². The van der Waals surface area contributed by atoms with E-state index in [-0.39, 0.29) is 11.8 Å². The Kier molecular flexibility index (Phi) is 3.98. The largest absolute Gasteiger partial charge is 0.345 e. The van der Waals surface area contributed by atoms with Gasteiger partial charge in [0.05, 0.1) is 17.8 Å². The van der Waals surface area contributed by atoms with E-state index >= 15 is 0 Å². The van der Waals surface area contributed by atoms with Crippen LogP contribution in [0.2, 0.25) is 0 Å². The van der Waals surface area contributed by atoms with Gasteiger partial charge in [-0.1, -0.05) is 48.5 Å². The molecule has 0 bridgehead atoms. The summed E-state index contributed by atoms with van der Waals surface area (Å²) in [6.45, 7) is 0.490. The number of benzene rings is 2. The zero-order valence-corrected chi connectivity index (χ0v) is 13.2. The van der Waals surface area contributed by atoms with E-state index in [1.165, 1.54) is 11.0 Å². The Morgan fingerprint density at radius 3 is 2.39 bits per heavy atom. The maximum Gasteiger partial charge on any atom is 0.259 e. The molecule has 0 aliphatic carbocycles. The molecular formula is C19H18N2O2. The van der Waals surface area contributed by atoms with E-state index in [1.807, 2.05) is 54.6 Å². The minimum Gasteiger partial charge on any atom is -0.345 e. The van der Waals surface area contributed by atoms with Crippen molar-refractivity contribution in [2.24, 2.45) is 0 Å². The molecule has 116 valence electrons. The molecule has 0 spiro atoms. The number of para-hydroxylation sites is 1. The Balaban J connectivity index is 2.00. The van der Waals surface area contributed by atoms with Crippen molar-refractivity contribution >= 4 is 23.1 Å². The van der Waals surface area contributed by atoms with Crippen molar-refractivity contribution in [1.82, 2.24) is 4.90 Å². The molecule has 0 aromatic heterocycles. The van der Waals surface area contributed by atoms with Crippen molar-refractivity contribution in [1.29, 1.82) is 0 Å². The molecule has 0 fully saturated rings. The van der Waals surface area contributed by atoms with Crippen LogP contribution in [-0.2, 0) is 16.1 Å². The van der Waals surface area contributed by atoms with Gasteiger partial charge in [0.25, 0.3) is 5.91 Å². The third-order valence-corrected chi connectivity index (χ3v) is 3.85. The first-order valence-corrected chi connectivity index (χ1v) is 7.46. The zero-order valence-electron chi connectivity index (χ0n) is 13.2. The van der Waals surface area contributed by atoms with Crippen LogP contribution >= 0.6 is 0 Å². The van der Waals surface area contributed by atoms with Crippen LogP contribution in [-0.4, -0.2) is 30.8 Å². The Morgan fingerprint density at radius 1 is 1.04 bits per heavy atom. The highest BCUT2D eigenvalue weighted by Gasteiger charge is 2.32. The third-order valence-electron chi connectivity index (χ3n) is 3.85. The maximum absolute atomic E-state index is 12.8. The van der Waals surface area contributed by atoms with Crippen LogP contribution in [0.15, 0.2) is 60.7 Å². The lowest BCUT2D eigenvalue weighted by Crippen LogP contribution is -2.26. The predicted molar refractivity (Wildman–Crippen MR) is 90.7 cm³/mol. The number of fused-ring (bicyclic) bond motifs is 1. The van der Waals surface area contributed by atoms with Crippen molar-refractivity contribution in [3.63, 3.8) is 0 Å². The molecule has 3 rings (SSSR count). The lowest BCUT2D eigenvalue weighted by molar-refractivity contribution is -0.123. The van der Waals surface area contributed by atoms with E-state index < -0.39 is 0 Å². The van der Waals surface area contributed by atoms with Gasteiger partial charge in [-0.25, -0.2) is 0 Å². The topological polar surface area (TPSA) is 40.6 Å². The molecule has 1 heterocycles. The summed E-state index contributed by atoms with van der Waals surface area (Å²) in [6.07, 6.45) is 1.42. The summed E-state index contributed by atoms with van der Waals surface area (Å²) in [7, 11) is 3.35. The smallest absolute Gasteiger partial charge is 0.259 e. The molecule has 4 nitrogen and oxygen atoms in total. The summed E-state index contributed by atoms with van der Waals surface area (Å²) in [5, 5.41) is 0. The Bertz CT molecular complexity index is 779. The average molecular weight is 306 g/mol. The highest BCUT2D eigenvalue weighted by molar-refractivity contribution is 6.34. The van der Waals surface area contributed by atoms with Gasteiger partial charge in [0.15, 0.2) is 0 Å². The average Bonchev–Trinajstić information content (AvgIpc) is 2.82. The summed E-state index contributed by atoms with van der Waals surface area (Å²) >= 11 is 0. The fraction of sp³-hybridized carbons (Fsp3) is 0.158. The minimum absolute atomic E-state index is 0.134. The fourth-order valence-electron chi connectivity index (χ4n) is 2.62. The van der Waals surface area contributed by atoms with E-state index in [0.29, 0.717) is 12.1 Å². The number of hydrogen-bond donors (Lipinski definition) is 0. The highest BCUT2D eigenvalue weighted by atomic mass is 16.2. The Hall–Kier alpha value is -2.88. The van der Waals surface area contributed by atoms with Crippen molar-refractivity contribution in [2.45, 2.75) is 6.54 Å². The number of anilines is 1. The van der Waals surface area contributed by atoms with Crippen molar-refractivity contribution in [3.8, 4) is 0 Å². The quantitative estimate of drug-likeness (QED) is 0.818. The number of nitrogens with zero attached hydrogens (tertiary/aromatic N) is 2. The molecule has 23 heavy (non-hydrogen) atoms. The van der Waals surface area contributed by atoms with Crippen LogP contribution < -0.4 is 4.90 Å². The van der Waals surface area contributed by atoms with Crippen LogP contribution in [0.25, 0.3) is 5.57 Å². The van der Waals surface area contributed by atoms with E-state index in [9.17, 15) is 9.59 Å². The second-order valence-corrected chi connectivity index (χ2v) is 5.68. The minimum atomic E-state index is -0.190. The van der Waals surface area contributed by atoms with Crippen LogP contribution in [0.1, 0.15) is 11.1 Å². The van der Waals surface area contributed by atoms with E-state index in [0.717, 1.165) is 16.8 Å². The van der Waals surface area contributed by atoms with Gasteiger partial charge < -0.3 is 9.80 Å². The van der Waals surface area contributed by atoms with Gasteiger partial charge in [-0.3, -0.25) is 9.59 Å².